The molecule has 1 amide bonds. The van der Waals surface area contributed by atoms with Crippen LogP contribution in [0.4, 0.5) is 0 Å². The first kappa shape index (κ1) is 14.6. The SMILES string of the molecule is CC(C)c1cc(C(=O)N2CCO[C@@H](c3cnccn3)C2)on1. The van der Waals surface area contributed by atoms with Crippen LogP contribution in [-0.4, -0.2) is 45.6 Å². The lowest BCUT2D eigenvalue weighted by Gasteiger charge is -2.31. The molecule has 0 radical (unpaired) electrons. The zero-order chi connectivity index (χ0) is 15.5. The van der Waals surface area contributed by atoms with Crippen molar-refractivity contribution < 1.29 is 14.1 Å². The van der Waals surface area contributed by atoms with Gasteiger partial charge >= 0.3 is 0 Å². The maximum Gasteiger partial charge on any atom is 0.292 e. The van der Waals surface area contributed by atoms with E-state index in [0.29, 0.717) is 19.7 Å². The molecule has 0 N–H and O–H groups in total. The second kappa shape index (κ2) is 6.23. The average molecular weight is 302 g/mol. The summed E-state index contributed by atoms with van der Waals surface area (Å²) in [5.41, 5.74) is 1.50. The van der Waals surface area contributed by atoms with E-state index in [9.17, 15) is 4.79 Å². The topological polar surface area (TPSA) is 81.4 Å². The van der Waals surface area contributed by atoms with Crippen LogP contribution in [-0.2, 0) is 4.74 Å². The van der Waals surface area contributed by atoms with E-state index in [-0.39, 0.29) is 23.7 Å². The van der Waals surface area contributed by atoms with Crippen LogP contribution in [0.15, 0.2) is 29.2 Å². The lowest BCUT2D eigenvalue weighted by atomic mass is 10.1. The molecule has 0 saturated carbocycles. The van der Waals surface area contributed by atoms with Crippen molar-refractivity contribution in [3.63, 3.8) is 0 Å². The number of rotatable bonds is 3. The van der Waals surface area contributed by atoms with Gasteiger partial charge in [0.25, 0.3) is 5.91 Å². The lowest BCUT2D eigenvalue weighted by Crippen LogP contribution is -2.42. The van der Waals surface area contributed by atoms with Crippen molar-refractivity contribution in [3.05, 3.63) is 41.8 Å². The van der Waals surface area contributed by atoms with E-state index in [1.54, 1.807) is 29.6 Å². The van der Waals surface area contributed by atoms with Crippen LogP contribution < -0.4 is 0 Å². The van der Waals surface area contributed by atoms with E-state index in [2.05, 4.69) is 15.1 Å². The molecule has 1 aliphatic rings. The second-order valence-corrected chi connectivity index (χ2v) is 5.51. The predicted octanol–water partition coefficient (Wildman–Crippen LogP) is 1.80. The zero-order valence-corrected chi connectivity index (χ0v) is 12.6. The molecule has 3 rings (SSSR count). The number of hydrogen-bond acceptors (Lipinski definition) is 6. The minimum absolute atomic E-state index is 0.170. The van der Waals surface area contributed by atoms with E-state index < -0.39 is 0 Å². The summed E-state index contributed by atoms with van der Waals surface area (Å²) in [6.07, 6.45) is 4.62. The number of carbonyl (C=O) groups excluding carboxylic acids is 1. The Bertz CT molecular complexity index is 641. The fourth-order valence-corrected chi connectivity index (χ4v) is 2.31. The fraction of sp³-hybridized carbons (Fsp3) is 0.467. The van der Waals surface area contributed by atoms with E-state index >= 15 is 0 Å². The molecule has 116 valence electrons. The lowest BCUT2D eigenvalue weighted by molar-refractivity contribution is -0.0260. The molecule has 0 unspecified atom stereocenters. The van der Waals surface area contributed by atoms with E-state index in [1.165, 1.54) is 0 Å². The molecule has 1 saturated heterocycles. The van der Waals surface area contributed by atoms with Crippen molar-refractivity contribution in [2.75, 3.05) is 19.7 Å². The normalized spacial score (nSPS) is 18.7. The molecule has 0 spiro atoms. The van der Waals surface area contributed by atoms with Crippen molar-refractivity contribution in [1.82, 2.24) is 20.0 Å². The third-order valence-corrected chi connectivity index (χ3v) is 3.60. The predicted molar refractivity (Wildman–Crippen MR) is 77.2 cm³/mol. The Morgan fingerprint density at radius 2 is 2.27 bits per heavy atom. The van der Waals surface area contributed by atoms with Gasteiger partial charge < -0.3 is 14.2 Å². The molecule has 22 heavy (non-hydrogen) atoms. The monoisotopic (exact) mass is 302 g/mol. The summed E-state index contributed by atoms with van der Waals surface area (Å²) in [7, 11) is 0. The van der Waals surface area contributed by atoms with Gasteiger partial charge in [-0.15, -0.1) is 0 Å². The molecule has 7 nitrogen and oxygen atoms in total. The Balaban J connectivity index is 1.72. The van der Waals surface area contributed by atoms with Gasteiger partial charge in [0.15, 0.2) is 0 Å². The van der Waals surface area contributed by atoms with Gasteiger partial charge in [-0.3, -0.25) is 14.8 Å². The van der Waals surface area contributed by atoms with Crippen molar-refractivity contribution in [2.45, 2.75) is 25.9 Å². The summed E-state index contributed by atoms with van der Waals surface area (Å²) in [5, 5.41) is 3.93. The molecule has 7 heteroatoms. The highest BCUT2D eigenvalue weighted by atomic mass is 16.5. The van der Waals surface area contributed by atoms with Gasteiger partial charge in [-0.1, -0.05) is 19.0 Å². The van der Waals surface area contributed by atoms with Crippen LogP contribution in [0, 0.1) is 0 Å². The van der Waals surface area contributed by atoms with Crippen LogP contribution in [0.1, 0.15) is 47.8 Å². The molecule has 2 aromatic rings. The molecular formula is C15H18N4O3. The summed E-state index contributed by atoms with van der Waals surface area (Å²) in [5.74, 6) is 0.322. The van der Waals surface area contributed by atoms with Gasteiger partial charge in [0.05, 0.1) is 30.7 Å². The highest BCUT2D eigenvalue weighted by molar-refractivity contribution is 5.91. The number of hydrogen-bond donors (Lipinski definition) is 0. The van der Waals surface area contributed by atoms with Crippen LogP contribution >= 0.6 is 0 Å². The molecule has 1 aliphatic heterocycles. The Hall–Kier alpha value is -2.28. The molecule has 1 atom stereocenters. The van der Waals surface area contributed by atoms with Gasteiger partial charge in [0.2, 0.25) is 5.76 Å². The van der Waals surface area contributed by atoms with Crippen LogP contribution in [0.25, 0.3) is 0 Å². The summed E-state index contributed by atoms with van der Waals surface area (Å²) in [6, 6.07) is 1.71. The van der Waals surface area contributed by atoms with Gasteiger partial charge in [-0.05, 0) is 5.92 Å². The average Bonchev–Trinajstić information content (AvgIpc) is 3.05. The summed E-state index contributed by atoms with van der Waals surface area (Å²) in [4.78, 5) is 22.5. The first-order valence-corrected chi connectivity index (χ1v) is 7.28. The Labute approximate surface area is 128 Å². The van der Waals surface area contributed by atoms with E-state index in [4.69, 9.17) is 9.26 Å². The van der Waals surface area contributed by atoms with Gasteiger partial charge in [-0.2, -0.15) is 0 Å². The minimum atomic E-state index is -0.265. The molecule has 2 aromatic heterocycles. The third-order valence-electron chi connectivity index (χ3n) is 3.60. The van der Waals surface area contributed by atoms with Crippen molar-refractivity contribution in [2.24, 2.45) is 0 Å². The largest absolute Gasteiger partial charge is 0.368 e. The first-order chi connectivity index (χ1) is 10.6. The molecule has 0 aliphatic carbocycles. The number of ether oxygens (including phenoxy) is 1. The van der Waals surface area contributed by atoms with Gasteiger partial charge in [-0.25, -0.2) is 0 Å². The number of nitrogens with zero attached hydrogens (tertiary/aromatic N) is 4. The molecule has 0 aromatic carbocycles. The Morgan fingerprint density at radius 1 is 1.41 bits per heavy atom. The van der Waals surface area contributed by atoms with Crippen LogP contribution in [0.3, 0.4) is 0 Å². The van der Waals surface area contributed by atoms with Crippen molar-refractivity contribution in [3.8, 4) is 0 Å². The van der Waals surface area contributed by atoms with Crippen molar-refractivity contribution >= 4 is 5.91 Å². The van der Waals surface area contributed by atoms with Gasteiger partial charge in [0, 0.05) is 25.0 Å². The molecule has 3 heterocycles. The highest BCUT2D eigenvalue weighted by Gasteiger charge is 2.29. The van der Waals surface area contributed by atoms with Crippen LogP contribution in [0.2, 0.25) is 0 Å². The number of amides is 1. The first-order valence-electron chi connectivity index (χ1n) is 7.28. The zero-order valence-electron chi connectivity index (χ0n) is 12.6. The number of carbonyl (C=O) groups is 1. The minimum Gasteiger partial charge on any atom is -0.368 e. The van der Waals surface area contributed by atoms with E-state index in [1.807, 2.05) is 13.8 Å². The second-order valence-electron chi connectivity index (χ2n) is 5.51. The van der Waals surface area contributed by atoms with Gasteiger partial charge in [0.1, 0.15) is 6.10 Å². The Kier molecular flexibility index (Phi) is 4.15. The standard InChI is InChI=1S/C15H18N4O3/c1-10(2)11-7-13(22-18-11)15(20)19-5-6-21-14(9-19)12-8-16-3-4-17-12/h3-4,7-8,10,14H,5-6,9H2,1-2H3/t14-/m1/s1. The quantitative estimate of drug-likeness (QED) is 0.860. The number of aromatic nitrogens is 3. The van der Waals surface area contributed by atoms with Crippen molar-refractivity contribution in [1.29, 1.82) is 0 Å². The smallest absolute Gasteiger partial charge is 0.292 e. The Morgan fingerprint density at radius 3 is 2.95 bits per heavy atom. The third kappa shape index (κ3) is 2.99. The highest BCUT2D eigenvalue weighted by Crippen LogP contribution is 2.22. The maximum atomic E-state index is 12.5. The van der Waals surface area contributed by atoms with E-state index in [0.717, 1.165) is 11.4 Å². The van der Waals surface area contributed by atoms with Crippen LogP contribution in [0.5, 0.6) is 0 Å². The molecule has 0 bridgehead atoms. The summed E-state index contributed by atoms with van der Waals surface area (Å²) in [6.45, 7) is 5.41. The summed E-state index contributed by atoms with van der Waals surface area (Å²) >= 11 is 0. The molecule has 1 fully saturated rings. The maximum absolute atomic E-state index is 12.5. The number of morpholine rings is 1. The molecular weight excluding hydrogens is 284 g/mol. The summed E-state index contributed by atoms with van der Waals surface area (Å²) < 4.78 is 10.9. The fourth-order valence-electron chi connectivity index (χ4n) is 2.31.